The third-order valence-corrected chi connectivity index (χ3v) is 5.15. The first-order valence-corrected chi connectivity index (χ1v) is 10.1. The highest BCUT2D eigenvalue weighted by Gasteiger charge is 2.33. The van der Waals surface area contributed by atoms with Crippen molar-refractivity contribution in [1.29, 1.82) is 0 Å². The maximum absolute atomic E-state index is 12.7. The summed E-state index contributed by atoms with van der Waals surface area (Å²) in [6, 6.07) is 9.04. The molecule has 1 aliphatic rings. The van der Waals surface area contributed by atoms with Crippen molar-refractivity contribution in [3.05, 3.63) is 42.0 Å². The molecule has 2 heterocycles. The van der Waals surface area contributed by atoms with Crippen LogP contribution in [0, 0.1) is 0 Å². The molecule has 0 aliphatic carbocycles. The Morgan fingerprint density at radius 1 is 1.12 bits per heavy atom. The van der Waals surface area contributed by atoms with Crippen LogP contribution in [0.15, 0.2) is 40.9 Å². The molecule has 2 aromatic carbocycles. The number of rotatable bonds is 7. The van der Waals surface area contributed by atoms with Gasteiger partial charge >= 0.3 is 12.3 Å². The van der Waals surface area contributed by atoms with Crippen LogP contribution in [-0.2, 0) is 16.0 Å². The van der Waals surface area contributed by atoms with Crippen molar-refractivity contribution in [3.63, 3.8) is 0 Å². The van der Waals surface area contributed by atoms with E-state index < -0.39 is 18.1 Å². The number of nitrogens with zero attached hydrogens (tertiary/aromatic N) is 3. The maximum atomic E-state index is 12.7. The zero-order valence-electron chi connectivity index (χ0n) is 17.8. The Morgan fingerprint density at radius 3 is 2.59 bits per heavy atom. The van der Waals surface area contributed by atoms with E-state index in [1.807, 2.05) is 0 Å². The van der Waals surface area contributed by atoms with Gasteiger partial charge in [-0.15, -0.1) is 13.2 Å². The zero-order valence-corrected chi connectivity index (χ0v) is 17.8. The molecule has 0 atom stereocenters. The van der Waals surface area contributed by atoms with Gasteiger partial charge in [0.1, 0.15) is 0 Å². The third kappa shape index (κ3) is 4.95. The lowest BCUT2D eigenvalue weighted by Crippen LogP contribution is -2.29. The fraction of sp³-hybridized carbons (Fsp3) is 0.273. The predicted octanol–water partition coefficient (Wildman–Crippen LogP) is 4.06. The quantitative estimate of drug-likeness (QED) is 0.542. The molecule has 1 aromatic heterocycles. The Morgan fingerprint density at radius 2 is 1.88 bits per heavy atom. The van der Waals surface area contributed by atoms with Crippen LogP contribution in [0.5, 0.6) is 11.5 Å². The van der Waals surface area contributed by atoms with Crippen molar-refractivity contribution in [3.8, 4) is 34.3 Å². The molecule has 0 bridgehead atoms. The normalized spacial score (nSPS) is 13.0. The summed E-state index contributed by atoms with van der Waals surface area (Å²) in [7, 11) is 1.22. The van der Waals surface area contributed by atoms with E-state index >= 15 is 0 Å². The van der Waals surface area contributed by atoms with Crippen LogP contribution in [0.3, 0.4) is 0 Å². The summed E-state index contributed by atoms with van der Waals surface area (Å²) in [4.78, 5) is 28.9. The van der Waals surface area contributed by atoms with Crippen molar-refractivity contribution >= 4 is 17.6 Å². The monoisotopic (exact) mass is 477 g/mol. The highest BCUT2D eigenvalue weighted by molar-refractivity contribution is 5.97. The first kappa shape index (κ1) is 23.1. The van der Waals surface area contributed by atoms with E-state index in [1.165, 1.54) is 19.2 Å². The van der Waals surface area contributed by atoms with Crippen LogP contribution in [0.25, 0.3) is 22.8 Å². The minimum absolute atomic E-state index is 0.0179. The molecule has 34 heavy (non-hydrogen) atoms. The summed E-state index contributed by atoms with van der Waals surface area (Å²) in [5.41, 5.74) is 2.34. The second-order valence-corrected chi connectivity index (χ2v) is 7.37. The molecule has 12 heteroatoms. The van der Waals surface area contributed by atoms with Gasteiger partial charge in [0.2, 0.25) is 11.7 Å². The van der Waals surface area contributed by atoms with E-state index in [2.05, 4.69) is 14.9 Å². The van der Waals surface area contributed by atoms with Crippen molar-refractivity contribution in [2.45, 2.75) is 25.6 Å². The van der Waals surface area contributed by atoms with Gasteiger partial charge < -0.3 is 24.0 Å². The maximum Gasteiger partial charge on any atom is 0.573 e. The number of carbonyl (C=O) groups excluding carboxylic acids is 1. The molecule has 9 nitrogen and oxygen atoms in total. The van der Waals surface area contributed by atoms with E-state index in [1.54, 1.807) is 23.1 Å². The highest BCUT2D eigenvalue weighted by atomic mass is 19.4. The molecule has 0 saturated carbocycles. The van der Waals surface area contributed by atoms with Gasteiger partial charge in [0.25, 0.3) is 5.89 Å². The summed E-state index contributed by atoms with van der Waals surface area (Å²) in [6.45, 7) is 0.433. The van der Waals surface area contributed by atoms with Gasteiger partial charge in [0, 0.05) is 29.8 Å². The number of fused-ring (bicyclic) bond motifs is 1. The van der Waals surface area contributed by atoms with Crippen molar-refractivity contribution in [1.82, 2.24) is 10.1 Å². The molecule has 178 valence electrons. The number of benzene rings is 2. The van der Waals surface area contributed by atoms with E-state index in [4.69, 9.17) is 14.4 Å². The van der Waals surface area contributed by atoms with Crippen molar-refractivity contribution < 1.29 is 41.9 Å². The number of carboxylic acids is 1. The highest BCUT2D eigenvalue weighted by Crippen LogP contribution is 2.37. The topological polar surface area (TPSA) is 115 Å². The summed E-state index contributed by atoms with van der Waals surface area (Å²) in [6.07, 6.45) is -4.66. The number of anilines is 1. The molecule has 0 unspecified atom stereocenters. The molecule has 0 radical (unpaired) electrons. The van der Waals surface area contributed by atoms with Gasteiger partial charge in [0.15, 0.2) is 11.5 Å². The average molecular weight is 477 g/mol. The molecular formula is C22H18F3N3O6. The number of hydrogen-bond acceptors (Lipinski definition) is 7. The van der Waals surface area contributed by atoms with Crippen molar-refractivity contribution in [2.75, 3.05) is 18.6 Å². The summed E-state index contributed by atoms with van der Waals surface area (Å²) < 4.78 is 52.3. The minimum Gasteiger partial charge on any atom is -0.493 e. The number of amides is 1. The lowest BCUT2D eigenvalue weighted by Gasteiger charge is -2.17. The fourth-order valence-electron chi connectivity index (χ4n) is 3.62. The number of halogens is 3. The lowest BCUT2D eigenvalue weighted by molar-refractivity contribution is -0.275. The number of carbonyl (C=O) groups is 2. The fourth-order valence-corrected chi connectivity index (χ4v) is 3.62. The van der Waals surface area contributed by atoms with Crippen LogP contribution < -0.4 is 14.4 Å². The Labute approximate surface area is 190 Å². The first-order chi connectivity index (χ1) is 16.1. The second kappa shape index (κ2) is 9.04. The first-order valence-electron chi connectivity index (χ1n) is 10.1. The van der Waals surface area contributed by atoms with Crippen molar-refractivity contribution in [2.24, 2.45) is 0 Å². The number of alkyl halides is 3. The molecule has 4 rings (SSSR count). The van der Waals surface area contributed by atoms with Crippen LogP contribution in [0.2, 0.25) is 0 Å². The van der Waals surface area contributed by atoms with E-state index in [0.29, 0.717) is 24.2 Å². The summed E-state index contributed by atoms with van der Waals surface area (Å²) in [5.74, 6) is -1.77. The molecule has 0 saturated heterocycles. The van der Waals surface area contributed by atoms with Gasteiger partial charge in [0.05, 0.1) is 13.5 Å². The Hall–Kier alpha value is -4.09. The van der Waals surface area contributed by atoms with E-state index in [9.17, 15) is 22.8 Å². The Balaban J connectivity index is 1.56. The zero-order chi connectivity index (χ0) is 24.5. The number of carboxylic acid groups (broad SMARTS) is 1. The second-order valence-electron chi connectivity index (χ2n) is 7.37. The van der Waals surface area contributed by atoms with Crippen LogP contribution in [0.1, 0.15) is 18.4 Å². The molecule has 3 aromatic rings. The van der Waals surface area contributed by atoms with Gasteiger partial charge in [-0.2, -0.15) is 4.98 Å². The van der Waals surface area contributed by atoms with Gasteiger partial charge in [-0.1, -0.05) is 5.16 Å². The van der Waals surface area contributed by atoms with Gasteiger partial charge in [-0.05, 0) is 48.4 Å². The standard InChI is InChI=1S/C22H18F3N3O6/c1-32-16-5-3-14(11-17(16)33-22(23,24)25)21-26-20(27-34-21)13-2-4-15-12(10-13)8-9-28(15)18(29)6-7-19(30)31/h2-5,10-11H,6-9H2,1H3,(H,30,31). The number of methoxy groups -OCH3 is 1. The van der Waals surface area contributed by atoms with E-state index in [0.717, 1.165) is 11.6 Å². The minimum atomic E-state index is -4.90. The summed E-state index contributed by atoms with van der Waals surface area (Å²) >= 11 is 0. The Bertz CT molecular complexity index is 1240. The molecular weight excluding hydrogens is 459 g/mol. The molecule has 1 N–H and O–H groups in total. The van der Waals surface area contributed by atoms with Gasteiger partial charge in [-0.25, -0.2) is 0 Å². The smallest absolute Gasteiger partial charge is 0.493 e. The average Bonchev–Trinajstić information content (AvgIpc) is 3.43. The molecule has 1 amide bonds. The lowest BCUT2D eigenvalue weighted by atomic mass is 10.1. The van der Waals surface area contributed by atoms with Gasteiger partial charge in [-0.3, -0.25) is 9.59 Å². The largest absolute Gasteiger partial charge is 0.573 e. The number of ether oxygens (including phenoxy) is 2. The van der Waals surface area contributed by atoms with E-state index in [-0.39, 0.29) is 41.8 Å². The number of hydrogen-bond donors (Lipinski definition) is 1. The molecule has 0 fully saturated rings. The van der Waals surface area contributed by atoms with Crippen LogP contribution >= 0.6 is 0 Å². The predicted molar refractivity (Wildman–Crippen MR) is 111 cm³/mol. The third-order valence-electron chi connectivity index (χ3n) is 5.15. The van der Waals surface area contributed by atoms with Crippen LogP contribution in [-0.4, -0.2) is 47.1 Å². The summed E-state index contributed by atoms with van der Waals surface area (Å²) in [5, 5.41) is 12.7. The number of aromatic nitrogens is 2. The van der Waals surface area contributed by atoms with Crippen LogP contribution in [0.4, 0.5) is 18.9 Å². The SMILES string of the molecule is COc1ccc(-c2nc(-c3ccc4c(c3)CCN4C(=O)CCC(=O)O)no2)cc1OC(F)(F)F. The molecule has 1 aliphatic heterocycles. The molecule has 0 spiro atoms. The number of aliphatic carboxylic acids is 1. The Kier molecular flexibility index (Phi) is 6.14.